The van der Waals surface area contributed by atoms with Crippen LogP contribution in [0.4, 0.5) is 0 Å². The smallest absolute Gasteiger partial charge is 0.338 e. The molecule has 0 amide bonds. The van der Waals surface area contributed by atoms with Gasteiger partial charge in [0.1, 0.15) is 11.5 Å². The van der Waals surface area contributed by atoms with Crippen molar-refractivity contribution in [1.29, 1.82) is 0 Å². The van der Waals surface area contributed by atoms with E-state index in [-0.39, 0.29) is 16.2 Å². The number of nitrogens with two attached hydrogens (primary N) is 1. The number of sulfonamides is 1. The lowest BCUT2D eigenvalue weighted by Crippen LogP contribution is -2.15. The van der Waals surface area contributed by atoms with Crippen LogP contribution in [0.5, 0.6) is 11.5 Å². The topological polar surface area (TPSA) is 127 Å². The summed E-state index contributed by atoms with van der Waals surface area (Å²) in [7, 11) is -0.838. The van der Waals surface area contributed by atoms with Crippen LogP contribution in [0.25, 0.3) is 5.69 Å². The second kappa shape index (κ2) is 9.70. The van der Waals surface area contributed by atoms with E-state index in [9.17, 15) is 18.0 Å². The van der Waals surface area contributed by atoms with Crippen molar-refractivity contribution in [1.82, 2.24) is 4.57 Å². The molecule has 0 saturated heterocycles. The summed E-state index contributed by atoms with van der Waals surface area (Å²) in [5.41, 5.74) is 3.37. The summed E-state index contributed by atoms with van der Waals surface area (Å²) in [4.78, 5) is 25.4. The van der Waals surface area contributed by atoms with Crippen molar-refractivity contribution < 1.29 is 32.2 Å². The molecule has 0 radical (unpaired) electrons. The fraction of sp³-hybridized carbons (Fsp3) is 0.250. The normalized spacial score (nSPS) is 11.2. The van der Waals surface area contributed by atoms with E-state index in [0.717, 1.165) is 11.3 Å². The molecular weight excluding hydrogens is 460 g/mol. The molecule has 0 fully saturated rings. The van der Waals surface area contributed by atoms with Gasteiger partial charge in [-0.3, -0.25) is 4.79 Å². The van der Waals surface area contributed by atoms with Gasteiger partial charge in [-0.15, -0.1) is 0 Å². The van der Waals surface area contributed by atoms with Gasteiger partial charge in [-0.05, 0) is 63.2 Å². The monoisotopic (exact) mass is 486 g/mol. The number of methoxy groups -OCH3 is 2. The zero-order valence-electron chi connectivity index (χ0n) is 19.5. The Hall–Kier alpha value is -3.63. The predicted molar refractivity (Wildman–Crippen MR) is 126 cm³/mol. The highest BCUT2D eigenvalue weighted by atomic mass is 32.2. The van der Waals surface area contributed by atoms with Crippen LogP contribution in [-0.4, -0.2) is 45.6 Å². The van der Waals surface area contributed by atoms with E-state index in [1.165, 1.54) is 38.5 Å². The van der Waals surface area contributed by atoms with E-state index in [0.29, 0.717) is 28.4 Å². The molecule has 10 heteroatoms. The second-order valence-electron chi connectivity index (χ2n) is 7.66. The third kappa shape index (κ3) is 4.97. The first kappa shape index (κ1) is 25.0. The van der Waals surface area contributed by atoms with E-state index in [1.807, 2.05) is 6.92 Å². The zero-order valence-corrected chi connectivity index (χ0v) is 20.4. The lowest BCUT2D eigenvalue weighted by Gasteiger charge is -2.12. The number of carbonyl (C=O) groups excluding carboxylic acids is 2. The van der Waals surface area contributed by atoms with Crippen LogP contribution < -0.4 is 14.6 Å². The summed E-state index contributed by atoms with van der Waals surface area (Å²) in [5, 5.41) is 5.15. The van der Waals surface area contributed by atoms with Crippen LogP contribution in [-0.2, 0) is 14.8 Å². The van der Waals surface area contributed by atoms with E-state index in [1.54, 1.807) is 36.6 Å². The molecule has 0 aliphatic rings. The number of nitrogens with zero attached hydrogens (tertiary/aromatic N) is 1. The quantitative estimate of drug-likeness (QED) is 0.383. The van der Waals surface area contributed by atoms with Crippen molar-refractivity contribution in [3.05, 3.63) is 70.5 Å². The summed E-state index contributed by atoms with van der Waals surface area (Å²) in [6.45, 7) is 4.92. The molecule has 1 aromatic heterocycles. The molecule has 0 aliphatic carbocycles. The number of rotatable bonds is 8. The largest absolute Gasteiger partial charge is 0.496 e. The Bertz CT molecular complexity index is 1330. The average molecular weight is 487 g/mol. The van der Waals surface area contributed by atoms with Gasteiger partial charge in [0.05, 0.1) is 24.7 Å². The number of hydrogen-bond donors (Lipinski definition) is 1. The maximum Gasteiger partial charge on any atom is 0.338 e. The molecule has 0 bridgehead atoms. The van der Waals surface area contributed by atoms with Gasteiger partial charge in [0, 0.05) is 28.2 Å². The number of esters is 1. The van der Waals surface area contributed by atoms with Crippen molar-refractivity contribution in [2.75, 3.05) is 20.8 Å². The molecule has 9 nitrogen and oxygen atoms in total. The van der Waals surface area contributed by atoms with Gasteiger partial charge in [-0.1, -0.05) is 0 Å². The van der Waals surface area contributed by atoms with Crippen LogP contribution in [0.3, 0.4) is 0 Å². The van der Waals surface area contributed by atoms with Crippen LogP contribution >= 0.6 is 0 Å². The van der Waals surface area contributed by atoms with Gasteiger partial charge < -0.3 is 18.8 Å². The van der Waals surface area contributed by atoms with E-state index in [4.69, 9.17) is 19.3 Å². The van der Waals surface area contributed by atoms with Gasteiger partial charge in [0.2, 0.25) is 15.8 Å². The number of ketones is 1. The van der Waals surface area contributed by atoms with Crippen molar-refractivity contribution in [3.8, 4) is 17.2 Å². The first-order valence-electron chi connectivity index (χ1n) is 10.2. The van der Waals surface area contributed by atoms with Crippen LogP contribution in [0.2, 0.25) is 0 Å². The Kier molecular flexibility index (Phi) is 7.13. The Morgan fingerprint density at radius 2 is 1.50 bits per heavy atom. The maximum atomic E-state index is 12.8. The van der Waals surface area contributed by atoms with E-state index >= 15 is 0 Å². The molecule has 0 spiro atoms. The number of benzene rings is 2. The number of carbonyl (C=O) groups is 2. The van der Waals surface area contributed by atoms with Gasteiger partial charge in [0.25, 0.3) is 0 Å². The number of aryl methyl sites for hydroxylation is 1. The van der Waals surface area contributed by atoms with Crippen molar-refractivity contribution >= 4 is 21.8 Å². The van der Waals surface area contributed by atoms with Gasteiger partial charge in [-0.25, -0.2) is 18.4 Å². The molecule has 2 aromatic carbocycles. The number of primary sulfonamides is 1. The Morgan fingerprint density at radius 3 is 2.00 bits per heavy atom. The Morgan fingerprint density at radius 1 is 0.941 bits per heavy atom. The SMILES string of the molecule is COc1cc(C(=O)OCC(=O)c2cc(C)n(-c3ccc(S(N)(=O)=O)cc3)c2C)cc(OC)c1C. The van der Waals surface area contributed by atoms with Crippen LogP contribution in [0.1, 0.15) is 37.7 Å². The van der Waals surface area contributed by atoms with Crippen LogP contribution in [0, 0.1) is 20.8 Å². The van der Waals surface area contributed by atoms with Crippen molar-refractivity contribution in [3.63, 3.8) is 0 Å². The van der Waals surface area contributed by atoms with Crippen molar-refractivity contribution in [2.24, 2.45) is 5.14 Å². The minimum atomic E-state index is -3.81. The molecule has 0 atom stereocenters. The van der Waals surface area contributed by atoms with Gasteiger partial charge >= 0.3 is 5.97 Å². The number of hydrogen-bond acceptors (Lipinski definition) is 7. The highest BCUT2D eigenvalue weighted by molar-refractivity contribution is 7.89. The highest BCUT2D eigenvalue weighted by Gasteiger charge is 2.20. The number of ether oxygens (including phenoxy) is 3. The third-order valence-corrected chi connectivity index (χ3v) is 6.41. The van der Waals surface area contributed by atoms with E-state index < -0.39 is 22.6 Å². The standard InChI is InChI=1S/C24H26N2O7S/c1-14-10-20(16(3)26(14)18-6-8-19(9-7-18)34(25,29)30)21(27)13-33-24(28)17-11-22(31-4)15(2)23(12-17)32-5/h6-12H,13H2,1-5H3,(H2,25,29,30). The number of aromatic nitrogens is 1. The minimum Gasteiger partial charge on any atom is -0.496 e. The molecule has 2 N–H and O–H groups in total. The molecule has 1 heterocycles. The number of Topliss-reactive ketones (excluding diaryl/α,β-unsaturated/α-hetero) is 1. The fourth-order valence-corrected chi connectivity index (χ4v) is 4.24. The fourth-order valence-electron chi connectivity index (χ4n) is 3.72. The molecule has 34 heavy (non-hydrogen) atoms. The third-order valence-electron chi connectivity index (χ3n) is 5.48. The zero-order chi connectivity index (χ0) is 25.2. The Balaban J connectivity index is 1.80. The first-order chi connectivity index (χ1) is 16.0. The highest BCUT2D eigenvalue weighted by Crippen LogP contribution is 2.30. The maximum absolute atomic E-state index is 12.8. The Labute approximate surface area is 198 Å². The lowest BCUT2D eigenvalue weighted by molar-refractivity contribution is 0.0474. The molecule has 3 aromatic rings. The first-order valence-corrected chi connectivity index (χ1v) is 11.8. The van der Waals surface area contributed by atoms with Crippen LogP contribution in [0.15, 0.2) is 47.4 Å². The average Bonchev–Trinajstić information content (AvgIpc) is 3.10. The molecule has 3 rings (SSSR count). The summed E-state index contributed by atoms with van der Waals surface area (Å²) in [6, 6.07) is 10.8. The minimum absolute atomic E-state index is 0.00806. The molecule has 0 saturated carbocycles. The summed E-state index contributed by atoms with van der Waals surface area (Å²) in [6.07, 6.45) is 0. The summed E-state index contributed by atoms with van der Waals surface area (Å²) < 4.78 is 40.6. The summed E-state index contributed by atoms with van der Waals surface area (Å²) >= 11 is 0. The molecule has 180 valence electrons. The molecule has 0 unspecified atom stereocenters. The van der Waals surface area contributed by atoms with Gasteiger partial charge in [-0.2, -0.15) is 0 Å². The van der Waals surface area contributed by atoms with E-state index in [2.05, 4.69) is 0 Å². The molecular formula is C24H26N2O7S. The molecule has 0 aliphatic heterocycles. The van der Waals surface area contributed by atoms with Gasteiger partial charge in [0.15, 0.2) is 6.61 Å². The second-order valence-corrected chi connectivity index (χ2v) is 9.23. The summed E-state index contributed by atoms with van der Waals surface area (Å²) in [5.74, 6) is -0.124. The van der Waals surface area contributed by atoms with Crippen molar-refractivity contribution in [2.45, 2.75) is 25.7 Å². The lowest BCUT2D eigenvalue weighted by atomic mass is 10.1. The predicted octanol–water partition coefficient (Wildman–Crippen LogP) is 3.11.